The average Bonchev–Trinajstić information content (AvgIpc) is 3.27. The second-order valence-electron chi connectivity index (χ2n) is 4.73. The first-order valence-electron chi connectivity index (χ1n) is 6.99. The summed E-state index contributed by atoms with van der Waals surface area (Å²) in [6, 6.07) is 10.0. The fourth-order valence-electron chi connectivity index (χ4n) is 1.91. The highest BCUT2D eigenvalue weighted by atomic mass is 16.3. The Labute approximate surface area is 136 Å². The molecule has 0 fully saturated rings. The lowest BCUT2D eigenvalue weighted by Crippen LogP contribution is -2.21. The van der Waals surface area contributed by atoms with E-state index in [1.165, 1.54) is 29.7 Å². The van der Waals surface area contributed by atoms with Gasteiger partial charge in [0.2, 0.25) is 5.91 Å². The summed E-state index contributed by atoms with van der Waals surface area (Å²) in [6.07, 6.45) is 7.15. The lowest BCUT2D eigenvalue weighted by atomic mass is 10.2. The molecule has 24 heavy (non-hydrogen) atoms. The number of benzene rings is 1. The Hall–Kier alpha value is -3.68. The van der Waals surface area contributed by atoms with Crippen LogP contribution in [0.15, 0.2) is 65.8 Å². The van der Waals surface area contributed by atoms with E-state index in [1.807, 2.05) is 0 Å². The highest BCUT2D eigenvalue weighted by Crippen LogP contribution is 2.11. The van der Waals surface area contributed by atoms with Crippen LogP contribution in [0.2, 0.25) is 0 Å². The molecule has 0 spiro atoms. The molecular weight excluding hydrogens is 310 g/mol. The minimum absolute atomic E-state index is 0.331. The number of nitrogens with one attached hydrogen (secondary N) is 2. The number of hydrogen-bond donors (Lipinski definition) is 2. The Morgan fingerprint density at radius 2 is 1.96 bits per heavy atom. The molecule has 3 rings (SSSR count). The highest BCUT2D eigenvalue weighted by molar-refractivity contribution is 6.04. The van der Waals surface area contributed by atoms with Crippen molar-refractivity contribution in [3.8, 4) is 0 Å². The van der Waals surface area contributed by atoms with Crippen LogP contribution in [0.4, 0.5) is 5.69 Å². The van der Waals surface area contributed by atoms with Gasteiger partial charge in [0.15, 0.2) is 0 Å². The Morgan fingerprint density at radius 1 is 1.12 bits per heavy atom. The number of rotatable bonds is 5. The van der Waals surface area contributed by atoms with Crippen molar-refractivity contribution in [3.63, 3.8) is 0 Å². The molecule has 2 amide bonds. The average molecular weight is 323 g/mol. The molecule has 0 saturated carbocycles. The molecule has 8 nitrogen and oxygen atoms in total. The molecule has 0 bridgehead atoms. The first-order valence-corrected chi connectivity index (χ1v) is 6.99. The topological polar surface area (TPSA) is 102 Å². The van der Waals surface area contributed by atoms with Crippen LogP contribution in [0.1, 0.15) is 16.1 Å². The van der Waals surface area contributed by atoms with E-state index in [1.54, 1.807) is 42.5 Å². The molecule has 0 aliphatic rings. The van der Waals surface area contributed by atoms with Crippen LogP contribution >= 0.6 is 0 Å². The molecule has 0 atom stereocenters. The van der Waals surface area contributed by atoms with Gasteiger partial charge in [-0.2, -0.15) is 0 Å². The Kier molecular flexibility index (Phi) is 4.47. The zero-order valence-electron chi connectivity index (χ0n) is 12.4. The minimum atomic E-state index is -0.350. The van der Waals surface area contributed by atoms with Crippen LogP contribution in [0.5, 0.6) is 0 Å². The molecule has 1 aromatic carbocycles. The van der Waals surface area contributed by atoms with Gasteiger partial charge in [0, 0.05) is 17.3 Å². The summed E-state index contributed by atoms with van der Waals surface area (Å²) in [7, 11) is 0. The molecule has 0 aliphatic heterocycles. The van der Waals surface area contributed by atoms with Gasteiger partial charge in [-0.05, 0) is 36.4 Å². The molecule has 3 aromatic rings. The SMILES string of the molecule is O=C(/C=C/c1ccco1)Nc1cccc(C(=O)Nn2cnnc2)c1. The fraction of sp³-hybridized carbons (Fsp3) is 0. The number of amides is 2. The van der Waals surface area contributed by atoms with Crippen LogP contribution < -0.4 is 10.7 Å². The summed E-state index contributed by atoms with van der Waals surface area (Å²) >= 11 is 0. The van der Waals surface area contributed by atoms with E-state index in [4.69, 9.17) is 4.42 Å². The van der Waals surface area contributed by atoms with Gasteiger partial charge < -0.3 is 9.73 Å². The molecule has 2 heterocycles. The molecule has 0 radical (unpaired) electrons. The summed E-state index contributed by atoms with van der Waals surface area (Å²) in [5.41, 5.74) is 3.46. The van der Waals surface area contributed by atoms with Crippen LogP contribution in [0.25, 0.3) is 6.08 Å². The van der Waals surface area contributed by atoms with Gasteiger partial charge in [0.25, 0.3) is 5.91 Å². The van der Waals surface area contributed by atoms with E-state index in [9.17, 15) is 9.59 Å². The quantitative estimate of drug-likeness (QED) is 0.698. The first-order chi connectivity index (χ1) is 11.7. The largest absolute Gasteiger partial charge is 0.465 e. The van der Waals surface area contributed by atoms with Crippen LogP contribution in [0, 0.1) is 0 Å². The van der Waals surface area contributed by atoms with Crippen molar-refractivity contribution in [2.45, 2.75) is 0 Å². The third-order valence-electron chi connectivity index (χ3n) is 2.98. The van der Waals surface area contributed by atoms with E-state index in [0.717, 1.165) is 0 Å². The molecule has 2 aromatic heterocycles. The molecular formula is C16H13N5O3. The van der Waals surface area contributed by atoms with E-state index >= 15 is 0 Å². The number of furan rings is 1. The predicted octanol–water partition coefficient (Wildman–Crippen LogP) is 1.91. The van der Waals surface area contributed by atoms with Gasteiger partial charge in [-0.1, -0.05) is 6.07 Å². The molecule has 2 N–H and O–H groups in total. The first kappa shape index (κ1) is 15.2. The van der Waals surface area contributed by atoms with Crippen molar-refractivity contribution in [2.24, 2.45) is 0 Å². The maximum Gasteiger partial charge on any atom is 0.270 e. The van der Waals surface area contributed by atoms with E-state index < -0.39 is 0 Å². The monoisotopic (exact) mass is 323 g/mol. The van der Waals surface area contributed by atoms with Gasteiger partial charge in [-0.15, -0.1) is 10.2 Å². The molecule has 0 aliphatic carbocycles. The molecule has 0 saturated heterocycles. The van der Waals surface area contributed by atoms with E-state index in [2.05, 4.69) is 20.9 Å². The molecule has 8 heteroatoms. The molecule has 120 valence electrons. The lowest BCUT2D eigenvalue weighted by Gasteiger charge is -2.07. The van der Waals surface area contributed by atoms with Gasteiger partial charge in [-0.25, -0.2) is 4.68 Å². The number of anilines is 1. The predicted molar refractivity (Wildman–Crippen MR) is 86.5 cm³/mol. The third kappa shape index (κ3) is 3.95. The summed E-state index contributed by atoms with van der Waals surface area (Å²) in [5.74, 6) is -0.105. The second kappa shape index (κ2) is 7.05. The van der Waals surface area contributed by atoms with E-state index in [-0.39, 0.29) is 11.8 Å². The number of carbonyl (C=O) groups excluding carboxylic acids is 2. The second-order valence-corrected chi connectivity index (χ2v) is 4.73. The Morgan fingerprint density at radius 3 is 2.71 bits per heavy atom. The van der Waals surface area contributed by atoms with Crippen molar-refractivity contribution in [3.05, 3.63) is 72.7 Å². The van der Waals surface area contributed by atoms with Crippen LogP contribution in [-0.2, 0) is 4.79 Å². The Balaban J connectivity index is 1.64. The van der Waals surface area contributed by atoms with Crippen molar-refractivity contribution < 1.29 is 14.0 Å². The van der Waals surface area contributed by atoms with Crippen LogP contribution in [-0.4, -0.2) is 26.7 Å². The smallest absolute Gasteiger partial charge is 0.270 e. The van der Waals surface area contributed by atoms with Gasteiger partial charge in [0.05, 0.1) is 6.26 Å². The summed E-state index contributed by atoms with van der Waals surface area (Å²) in [5, 5.41) is 9.87. The third-order valence-corrected chi connectivity index (χ3v) is 2.98. The maximum absolute atomic E-state index is 12.1. The zero-order chi connectivity index (χ0) is 16.8. The molecule has 0 unspecified atom stereocenters. The fourth-order valence-corrected chi connectivity index (χ4v) is 1.91. The van der Waals surface area contributed by atoms with E-state index in [0.29, 0.717) is 17.0 Å². The van der Waals surface area contributed by atoms with Gasteiger partial charge >= 0.3 is 0 Å². The number of aromatic nitrogens is 3. The maximum atomic E-state index is 12.1. The number of nitrogens with zero attached hydrogens (tertiary/aromatic N) is 3. The van der Waals surface area contributed by atoms with Crippen molar-refractivity contribution in [1.82, 2.24) is 14.9 Å². The van der Waals surface area contributed by atoms with Crippen molar-refractivity contribution >= 4 is 23.6 Å². The minimum Gasteiger partial charge on any atom is -0.465 e. The number of carbonyl (C=O) groups is 2. The van der Waals surface area contributed by atoms with Gasteiger partial charge in [0.1, 0.15) is 18.4 Å². The van der Waals surface area contributed by atoms with Crippen LogP contribution in [0.3, 0.4) is 0 Å². The normalized spacial score (nSPS) is 10.7. The zero-order valence-corrected chi connectivity index (χ0v) is 12.4. The summed E-state index contributed by atoms with van der Waals surface area (Å²) in [6.45, 7) is 0. The summed E-state index contributed by atoms with van der Waals surface area (Å²) in [4.78, 5) is 24.0. The van der Waals surface area contributed by atoms with Crippen molar-refractivity contribution in [2.75, 3.05) is 10.7 Å². The van der Waals surface area contributed by atoms with Gasteiger partial charge in [-0.3, -0.25) is 15.0 Å². The summed E-state index contributed by atoms with van der Waals surface area (Å²) < 4.78 is 6.44. The Bertz CT molecular complexity index is 854. The number of hydrogen-bond acceptors (Lipinski definition) is 5. The van der Waals surface area contributed by atoms with Crippen molar-refractivity contribution in [1.29, 1.82) is 0 Å². The lowest BCUT2D eigenvalue weighted by molar-refractivity contribution is -0.111. The standard InChI is InChI=1S/C16H13N5O3/c22-15(7-6-14-5-2-8-24-14)19-13-4-1-3-12(9-13)16(23)20-21-10-17-18-11-21/h1-11H,(H,19,22)(H,20,23)/b7-6+. The highest BCUT2D eigenvalue weighted by Gasteiger charge is 2.07.